The average Bonchev–Trinajstić information content (AvgIpc) is 2.37. The minimum Gasteiger partial charge on any atom is -0.282 e. The lowest BCUT2D eigenvalue weighted by Crippen LogP contribution is -2.05. The second kappa shape index (κ2) is 6.02. The minimum absolute atomic E-state index is 0.0502. The van der Waals surface area contributed by atoms with Gasteiger partial charge in [0, 0.05) is 20.1 Å². The minimum atomic E-state index is -4.59. The van der Waals surface area contributed by atoms with E-state index in [2.05, 4.69) is 31.9 Å². The molecule has 0 aliphatic carbocycles. The third kappa shape index (κ3) is 3.76. The van der Waals surface area contributed by atoms with Gasteiger partial charge in [0.15, 0.2) is 0 Å². The van der Waals surface area contributed by atoms with Gasteiger partial charge in [-0.1, -0.05) is 44.0 Å². The largest absolute Gasteiger partial charge is 0.295 e. The van der Waals surface area contributed by atoms with E-state index in [4.69, 9.17) is 0 Å². The van der Waals surface area contributed by atoms with Crippen LogP contribution >= 0.6 is 31.9 Å². The van der Waals surface area contributed by atoms with Gasteiger partial charge in [-0.15, -0.1) is 0 Å². The second-order valence-electron chi connectivity index (χ2n) is 4.23. The maximum absolute atomic E-state index is 11.5. The van der Waals surface area contributed by atoms with Crippen molar-refractivity contribution in [3.05, 3.63) is 45.3 Å². The van der Waals surface area contributed by atoms with Crippen molar-refractivity contribution in [2.75, 3.05) is 0 Å². The highest BCUT2D eigenvalue weighted by Crippen LogP contribution is 2.35. The van der Waals surface area contributed by atoms with Crippen molar-refractivity contribution >= 4 is 52.1 Å². The molecular formula is C12H8Br2O6S2. The molecule has 0 spiro atoms. The molecule has 0 atom stereocenters. The Balaban J connectivity index is 2.90. The first kappa shape index (κ1) is 17.6. The number of hydrogen-bond donors (Lipinski definition) is 2. The highest BCUT2D eigenvalue weighted by Gasteiger charge is 2.23. The third-order valence-electron chi connectivity index (χ3n) is 2.73. The van der Waals surface area contributed by atoms with Crippen molar-refractivity contribution in [1.82, 2.24) is 0 Å². The Morgan fingerprint density at radius 3 is 1.27 bits per heavy atom. The van der Waals surface area contributed by atoms with Crippen molar-refractivity contribution in [1.29, 1.82) is 0 Å². The van der Waals surface area contributed by atoms with Gasteiger partial charge < -0.3 is 0 Å². The van der Waals surface area contributed by atoms with Gasteiger partial charge in [0.1, 0.15) is 9.79 Å². The number of hydrogen-bond acceptors (Lipinski definition) is 4. The molecule has 0 unspecified atom stereocenters. The number of halogens is 2. The molecule has 0 radical (unpaired) electrons. The molecule has 118 valence electrons. The van der Waals surface area contributed by atoms with Crippen LogP contribution in [0.5, 0.6) is 0 Å². The summed E-state index contributed by atoms with van der Waals surface area (Å²) in [7, 11) is -9.19. The predicted octanol–water partition coefficient (Wildman–Crippen LogP) is 3.37. The Morgan fingerprint density at radius 1 is 0.682 bits per heavy atom. The highest BCUT2D eigenvalue weighted by molar-refractivity contribution is 9.10. The van der Waals surface area contributed by atoms with Crippen molar-refractivity contribution in [3.8, 4) is 11.1 Å². The van der Waals surface area contributed by atoms with Crippen LogP contribution in [0.15, 0.2) is 55.1 Å². The first-order valence-electron chi connectivity index (χ1n) is 5.54. The van der Waals surface area contributed by atoms with Gasteiger partial charge in [-0.3, -0.25) is 9.11 Å². The zero-order valence-electron chi connectivity index (χ0n) is 10.6. The van der Waals surface area contributed by atoms with Crippen LogP contribution in [0.3, 0.4) is 0 Å². The van der Waals surface area contributed by atoms with Gasteiger partial charge in [-0.05, 0) is 24.3 Å². The molecule has 0 saturated heterocycles. The van der Waals surface area contributed by atoms with Gasteiger partial charge >= 0.3 is 0 Å². The summed E-state index contributed by atoms with van der Waals surface area (Å²) in [5, 5.41) is 0. The average molecular weight is 472 g/mol. The molecule has 2 aromatic rings. The van der Waals surface area contributed by atoms with Crippen LogP contribution in [0.2, 0.25) is 0 Å². The summed E-state index contributed by atoms with van der Waals surface area (Å²) in [6.07, 6.45) is 0. The van der Waals surface area contributed by atoms with Gasteiger partial charge in [-0.2, -0.15) is 16.8 Å². The van der Waals surface area contributed by atoms with E-state index in [1.807, 2.05) is 0 Å². The van der Waals surface area contributed by atoms with E-state index in [0.29, 0.717) is 8.95 Å². The van der Waals surface area contributed by atoms with E-state index < -0.39 is 30.0 Å². The molecule has 10 heteroatoms. The molecule has 0 fully saturated rings. The molecule has 0 aliphatic rings. The molecule has 0 amide bonds. The van der Waals surface area contributed by atoms with E-state index in [0.717, 1.165) is 12.1 Å². The number of benzene rings is 2. The first-order valence-corrected chi connectivity index (χ1v) is 10.0. The Kier molecular flexibility index (Phi) is 4.81. The lowest BCUT2D eigenvalue weighted by atomic mass is 10.1. The Hall–Kier alpha value is -0.780. The molecular weight excluding hydrogens is 464 g/mol. The monoisotopic (exact) mass is 470 g/mol. The van der Waals surface area contributed by atoms with Crippen LogP contribution in [-0.2, 0) is 20.2 Å². The lowest BCUT2D eigenvalue weighted by Gasteiger charge is -2.12. The fourth-order valence-corrected chi connectivity index (χ4v) is 4.35. The fourth-order valence-electron chi connectivity index (χ4n) is 1.86. The maximum Gasteiger partial charge on any atom is 0.295 e. The molecule has 0 heterocycles. The molecule has 0 aromatic heterocycles. The van der Waals surface area contributed by atoms with E-state index in [-0.39, 0.29) is 11.1 Å². The zero-order chi connectivity index (χ0) is 16.7. The standard InChI is InChI=1S/C12H8Br2O6S2/c13-7-1-3-9(11(5-7)21(15,16)17)10-4-2-8(14)6-12(10)22(18,19)20/h1-6H,(H,15,16,17)(H,18,19,20). The van der Waals surface area contributed by atoms with Crippen LogP contribution < -0.4 is 0 Å². The Morgan fingerprint density at radius 2 is 1.00 bits per heavy atom. The summed E-state index contributed by atoms with van der Waals surface area (Å²) < 4.78 is 65.5. The quantitative estimate of drug-likeness (QED) is 0.664. The Bertz CT molecular complexity index is 872. The molecule has 22 heavy (non-hydrogen) atoms. The Labute approximate surface area is 143 Å². The topological polar surface area (TPSA) is 109 Å². The summed E-state index contributed by atoms with van der Waals surface area (Å²) in [6.45, 7) is 0. The summed E-state index contributed by atoms with van der Waals surface area (Å²) in [5.74, 6) is 0. The van der Waals surface area contributed by atoms with E-state index in [9.17, 15) is 25.9 Å². The van der Waals surface area contributed by atoms with Crippen LogP contribution in [0.1, 0.15) is 0 Å². The lowest BCUT2D eigenvalue weighted by molar-refractivity contribution is 0.480. The maximum atomic E-state index is 11.5. The van der Waals surface area contributed by atoms with Crippen molar-refractivity contribution < 1.29 is 25.9 Å². The molecule has 2 aromatic carbocycles. The summed E-state index contributed by atoms with van der Waals surface area (Å²) in [4.78, 5) is -0.955. The van der Waals surface area contributed by atoms with Crippen LogP contribution in [-0.4, -0.2) is 25.9 Å². The summed E-state index contributed by atoms with van der Waals surface area (Å²) >= 11 is 6.16. The number of rotatable bonds is 3. The van der Waals surface area contributed by atoms with Crippen molar-refractivity contribution in [2.24, 2.45) is 0 Å². The SMILES string of the molecule is O=S(=O)(O)c1cc(Br)ccc1-c1ccc(Br)cc1S(=O)(=O)O. The van der Waals surface area contributed by atoms with Gasteiger partial charge in [0.25, 0.3) is 20.2 Å². The molecule has 0 aliphatic heterocycles. The molecule has 0 saturated carbocycles. The van der Waals surface area contributed by atoms with Crippen LogP contribution in [0, 0.1) is 0 Å². The molecule has 2 N–H and O–H groups in total. The molecule has 0 bridgehead atoms. The first-order chi connectivity index (χ1) is 10.00. The molecule has 2 rings (SSSR count). The van der Waals surface area contributed by atoms with Gasteiger partial charge in [0.05, 0.1) is 0 Å². The summed E-state index contributed by atoms with van der Waals surface area (Å²) in [5.41, 5.74) is -0.100. The molecule has 6 nitrogen and oxygen atoms in total. The van der Waals surface area contributed by atoms with Crippen molar-refractivity contribution in [2.45, 2.75) is 9.79 Å². The van der Waals surface area contributed by atoms with Gasteiger partial charge in [0.2, 0.25) is 0 Å². The fraction of sp³-hybridized carbons (Fsp3) is 0. The normalized spacial score (nSPS) is 12.4. The van der Waals surface area contributed by atoms with Crippen LogP contribution in [0.25, 0.3) is 11.1 Å². The third-order valence-corrected chi connectivity index (χ3v) is 5.51. The highest BCUT2D eigenvalue weighted by atomic mass is 79.9. The second-order valence-corrected chi connectivity index (χ2v) is 8.84. The zero-order valence-corrected chi connectivity index (χ0v) is 15.4. The van der Waals surface area contributed by atoms with E-state index in [1.54, 1.807) is 0 Å². The van der Waals surface area contributed by atoms with Gasteiger partial charge in [-0.25, -0.2) is 0 Å². The summed E-state index contributed by atoms with van der Waals surface area (Å²) in [6, 6.07) is 7.90. The van der Waals surface area contributed by atoms with E-state index >= 15 is 0 Å². The van der Waals surface area contributed by atoms with Crippen molar-refractivity contribution in [3.63, 3.8) is 0 Å². The predicted molar refractivity (Wildman–Crippen MR) is 86.9 cm³/mol. The smallest absolute Gasteiger partial charge is 0.282 e. The van der Waals surface area contributed by atoms with Crippen LogP contribution in [0.4, 0.5) is 0 Å². The van der Waals surface area contributed by atoms with E-state index in [1.165, 1.54) is 24.3 Å².